The standard InChI is InChI=1S/C23H34N6O.HI/c1-16-21(17(2)29(4)28-16)15-26-23(24-3)25-14-18-9-8-12-20(13-18)27-22(30)19-10-6-5-7-11-19;/h8-9,12-13,19H,5-7,10-11,14-15H2,1-4H3,(H,27,30)(H2,24,25,26);1H. The van der Waals surface area contributed by atoms with Gasteiger partial charge in [-0.05, 0) is 44.4 Å². The SMILES string of the molecule is CN=C(NCc1cccc(NC(=O)C2CCCCC2)c1)NCc1c(C)nn(C)c1C.I. The van der Waals surface area contributed by atoms with Crippen molar-refractivity contribution in [3.8, 4) is 0 Å². The summed E-state index contributed by atoms with van der Waals surface area (Å²) >= 11 is 0. The number of benzene rings is 1. The van der Waals surface area contributed by atoms with Gasteiger partial charge >= 0.3 is 0 Å². The van der Waals surface area contributed by atoms with E-state index in [1.54, 1.807) is 7.05 Å². The number of amides is 1. The predicted octanol–water partition coefficient (Wildman–Crippen LogP) is 4.04. The van der Waals surface area contributed by atoms with Crippen LogP contribution in [0.15, 0.2) is 29.3 Å². The number of carbonyl (C=O) groups excluding carboxylic acids is 1. The Bertz CT molecular complexity index is 901. The van der Waals surface area contributed by atoms with E-state index < -0.39 is 0 Å². The average Bonchev–Trinajstić information content (AvgIpc) is 3.00. The zero-order valence-electron chi connectivity index (χ0n) is 19.0. The van der Waals surface area contributed by atoms with Gasteiger partial charge in [-0.3, -0.25) is 14.5 Å². The highest BCUT2D eigenvalue weighted by Crippen LogP contribution is 2.25. The van der Waals surface area contributed by atoms with Gasteiger partial charge in [-0.1, -0.05) is 31.4 Å². The first-order valence-corrected chi connectivity index (χ1v) is 10.8. The van der Waals surface area contributed by atoms with Gasteiger partial charge in [0.15, 0.2) is 5.96 Å². The molecular weight excluding hydrogens is 503 g/mol. The minimum Gasteiger partial charge on any atom is -0.352 e. The molecule has 0 bridgehead atoms. The number of anilines is 1. The Morgan fingerprint density at radius 1 is 1.16 bits per heavy atom. The average molecular weight is 538 g/mol. The molecule has 0 saturated heterocycles. The summed E-state index contributed by atoms with van der Waals surface area (Å²) in [7, 11) is 3.72. The summed E-state index contributed by atoms with van der Waals surface area (Å²) in [6, 6.07) is 8.00. The number of hydrogen-bond acceptors (Lipinski definition) is 3. The molecule has 1 aliphatic rings. The minimum atomic E-state index is 0. The molecule has 3 N–H and O–H groups in total. The summed E-state index contributed by atoms with van der Waals surface area (Å²) in [4.78, 5) is 16.8. The van der Waals surface area contributed by atoms with E-state index in [2.05, 4.69) is 33.0 Å². The van der Waals surface area contributed by atoms with Crippen LogP contribution < -0.4 is 16.0 Å². The molecule has 8 heteroatoms. The monoisotopic (exact) mass is 538 g/mol. The van der Waals surface area contributed by atoms with Crippen LogP contribution in [-0.4, -0.2) is 28.7 Å². The fraction of sp³-hybridized carbons (Fsp3) is 0.522. The molecule has 31 heavy (non-hydrogen) atoms. The van der Waals surface area contributed by atoms with Gasteiger partial charge in [-0.2, -0.15) is 5.10 Å². The first-order chi connectivity index (χ1) is 14.5. The maximum atomic E-state index is 12.5. The van der Waals surface area contributed by atoms with Crippen LogP contribution in [0.1, 0.15) is 54.6 Å². The molecule has 1 aromatic carbocycles. The van der Waals surface area contributed by atoms with Gasteiger partial charge in [0.25, 0.3) is 0 Å². The molecule has 3 rings (SSSR count). The van der Waals surface area contributed by atoms with Crippen molar-refractivity contribution in [3.05, 3.63) is 46.8 Å². The van der Waals surface area contributed by atoms with E-state index in [-0.39, 0.29) is 35.8 Å². The summed E-state index contributed by atoms with van der Waals surface area (Å²) in [6.45, 7) is 5.38. The quantitative estimate of drug-likeness (QED) is 0.295. The molecule has 2 aromatic rings. The summed E-state index contributed by atoms with van der Waals surface area (Å²) in [5.74, 6) is 1.04. The Balaban J connectivity index is 0.00000341. The van der Waals surface area contributed by atoms with E-state index in [1.165, 1.54) is 12.0 Å². The number of aromatic nitrogens is 2. The minimum absolute atomic E-state index is 0. The number of aliphatic imine (C=N–C) groups is 1. The number of guanidine groups is 1. The third kappa shape index (κ3) is 6.95. The Hall–Kier alpha value is -2.10. The van der Waals surface area contributed by atoms with Crippen molar-refractivity contribution < 1.29 is 4.79 Å². The number of carbonyl (C=O) groups is 1. The van der Waals surface area contributed by atoms with E-state index in [4.69, 9.17) is 0 Å². The second-order valence-electron chi connectivity index (χ2n) is 8.08. The lowest BCUT2D eigenvalue weighted by Gasteiger charge is -2.21. The largest absolute Gasteiger partial charge is 0.352 e. The second kappa shape index (κ2) is 12.1. The van der Waals surface area contributed by atoms with Crippen LogP contribution in [-0.2, 0) is 24.9 Å². The third-order valence-corrected chi connectivity index (χ3v) is 5.95. The van der Waals surface area contributed by atoms with Crippen molar-refractivity contribution in [1.29, 1.82) is 0 Å². The van der Waals surface area contributed by atoms with Crippen LogP contribution in [0.2, 0.25) is 0 Å². The van der Waals surface area contributed by atoms with Gasteiger partial charge in [0, 0.05) is 50.0 Å². The van der Waals surface area contributed by atoms with Crippen LogP contribution in [0.3, 0.4) is 0 Å². The van der Waals surface area contributed by atoms with E-state index in [0.29, 0.717) is 13.1 Å². The highest BCUT2D eigenvalue weighted by molar-refractivity contribution is 14.0. The normalized spacial score (nSPS) is 14.6. The number of halogens is 1. The van der Waals surface area contributed by atoms with Crippen LogP contribution >= 0.6 is 24.0 Å². The molecule has 0 spiro atoms. The second-order valence-corrected chi connectivity index (χ2v) is 8.08. The molecule has 0 unspecified atom stereocenters. The van der Waals surface area contributed by atoms with E-state index in [9.17, 15) is 4.79 Å². The first-order valence-electron chi connectivity index (χ1n) is 10.8. The van der Waals surface area contributed by atoms with Crippen molar-refractivity contribution in [3.63, 3.8) is 0 Å². The van der Waals surface area contributed by atoms with Gasteiger partial charge in [0.1, 0.15) is 0 Å². The fourth-order valence-electron chi connectivity index (χ4n) is 4.02. The molecule has 0 atom stereocenters. The Kier molecular flexibility index (Phi) is 9.80. The molecule has 7 nitrogen and oxygen atoms in total. The maximum Gasteiger partial charge on any atom is 0.227 e. The lowest BCUT2D eigenvalue weighted by Crippen LogP contribution is -2.36. The molecule has 1 fully saturated rings. The molecule has 1 heterocycles. The van der Waals surface area contributed by atoms with Crippen LogP contribution in [0, 0.1) is 19.8 Å². The Morgan fingerprint density at radius 2 is 1.87 bits per heavy atom. The molecule has 1 amide bonds. The summed E-state index contributed by atoms with van der Waals surface area (Å²) in [6.07, 6.45) is 5.58. The summed E-state index contributed by atoms with van der Waals surface area (Å²) in [5.41, 5.74) is 5.31. The molecule has 1 aliphatic carbocycles. The number of aryl methyl sites for hydroxylation is 2. The van der Waals surface area contributed by atoms with Crippen molar-refractivity contribution in [1.82, 2.24) is 20.4 Å². The molecule has 0 aliphatic heterocycles. The Morgan fingerprint density at radius 3 is 2.52 bits per heavy atom. The van der Waals surface area contributed by atoms with Gasteiger partial charge in [0.05, 0.1) is 5.69 Å². The highest BCUT2D eigenvalue weighted by atomic mass is 127. The lowest BCUT2D eigenvalue weighted by molar-refractivity contribution is -0.120. The fourth-order valence-corrected chi connectivity index (χ4v) is 4.02. The molecule has 1 aromatic heterocycles. The number of nitrogens with zero attached hydrogens (tertiary/aromatic N) is 3. The lowest BCUT2D eigenvalue weighted by atomic mass is 9.88. The zero-order valence-corrected chi connectivity index (χ0v) is 21.3. The van der Waals surface area contributed by atoms with E-state index >= 15 is 0 Å². The van der Waals surface area contributed by atoms with Gasteiger partial charge in [-0.25, -0.2) is 0 Å². The van der Waals surface area contributed by atoms with Gasteiger partial charge in [-0.15, -0.1) is 24.0 Å². The zero-order chi connectivity index (χ0) is 21.5. The van der Waals surface area contributed by atoms with Crippen LogP contribution in [0.5, 0.6) is 0 Å². The molecule has 170 valence electrons. The maximum absolute atomic E-state index is 12.5. The number of rotatable bonds is 6. The molecule has 1 saturated carbocycles. The predicted molar refractivity (Wildman–Crippen MR) is 137 cm³/mol. The first kappa shape index (κ1) is 25.2. The van der Waals surface area contributed by atoms with E-state index in [1.807, 2.05) is 42.9 Å². The van der Waals surface area contributed by atoms with E-state index in [0.717, 1.165) is 54.3 Å². The topological polar surface area (TPSA) is 83.3 Å². The van der Waals surface area contributed by atoms with Crippen molar-refractivity contribution in [2.75, 3.05) is 12.4 Å². The van der Waals surface area contributed by atoms with Crippen LogP contribution in [0.25, 0.3) is 0 Å². The third-order valence-electron chi connectivity index (χ3n) is 5.95. The summed E-state index contributed by atoms with van der Waals surface area (Å²) < 4.78 is 1.90. The smallest absolute Gasteiger partial charge is 0.227 e. The van der Waals surface area contributed by atoms with Crippen molar-refractivity contribution in [2.45, 2.75) is 59.0 Å². The number of hydrogen-bond donors (Lipinski definition) is 3. The molecular formula is C23H35IN6O. The number of nitrogens with one attached hydrogen (secondary N) is 3. The van der Waals surface area contributed by atoms with Crippen molar-refractivity contribution in [2.24, 2.45) is 18.0 Å². The Labute approximate surface area is 202 Å². The van der Waals surface area contributed by atoms with Gasteiger partial charge in [0.2, 0.25) is 5.91 Å². The summed E-state index contributed by atoms with van der Waals surface area (Å²) in [5, 5.41) is 14.3. The molecule has 0 radical (unpaired) electrons. The van der Waals surface area contributed by atoms with Crippen LogP contribution in [0.4, 0.5) is 5.69 Å². The van der Waals surface area contributed by atoms with Crippen molar-refractivity contribution >= 4 is 41.5 Å². The van der Waals surface area contributed by atoms with Gasteiger partial charge < -0.3 is 16.0 Å². The highest BCUT2D eigenvalue weighted by Gasteiger charge is 2.21.